The standard InChI is InChI=1S/C13H20N2O3S/c1-9(5-12(16)17)7-14-13(18)15-10(2)6-11-3-4-19-8-11/h3-4,8-10H,5-7H2,1-2H3,(H,16,17)(H2,14,15,18). The van der Waals surface area contributed by atoms with Crippen LogP contribution in [0.15, 0.2) is 16.8 Å². The zero-order chi connectivity index (χ0) is 14.3. The molecule has 0 fully saturated rings. The molecule has 0 saturated carbocycles. The van der Waals surface area contributed by atoms with Crippen molar-refractivity contribution in [3.63, 3.8) is 0 Å². The third kappa shape index (κ3) is 6.81. The predicted octanol–water partition coefficient (Wildman–Crippen LogP) is 2.09. The molecular formula is C13H20N2O3S. The maximum Gasteiger partial charge on any atom is 0.315 e. The van der Waals surface area contributed by atoms with Crippen LogP contribution in [0.4, 0.5) is 4.79 Å². The number of carboxylic acids is 1. The van der Waals surface area contributed by atoms with Crippen LogP contribution in [0.3, 0.4) is 0 Å². The highest BCUT2D eigenvalue weighted by Crippen LogP contribution is 2.08. The molecule has 0 aliphatic carbocycles. The lowest BCUT2D eigenvalue weighted by atomic mass is 10.1. The fourth-order valence-electron chi connectivity index (χ4n) is 1.73. The normalized spacial score (nSPS) is 13.6. The van der Waals surface area contributed by atoms with E-state index in [-0.39, 0.29) is 24.4 Å². The van der Waals surface area contributed by atoms with E-state index in [0.29, 0.717) is 6.54 Å². The molecule has 0 aliphatic heterocycles. The maximum absolute atomic E-state index is 11.6. The highest BCUT2D eigenvalue weighted by molar-refractivity contribution is 7.07. The number of amides is 2. The number of hydrogen-bond donors (Lipinski definition) is 3. The summed E-state index contributed by atoms with van der Waals surface area (Å²) in [7, 11) is 0. The summed E-state index contributed by atoms with van der Waals surface area (Å²) in [6, 6.07) is 1.83. The van der Waals surface area contributed by atoms with Gasteiger partial charge >= 0.3 is 12.0 Å². The molecule has 6 heteroatoms. The fraction of sp³-hybridized carbons (Fsp3) is 0.538. The Morgan fingerprint density at radius 3 is 2.74 bits per heavy atom. The third-order valence-corrected chi connectivity index (χ3v) is 3.37. The topological polar surface area (TPSA) is 78.4 Å². The Kier molecular flexibility index (Phi) is 6.35. The summed E-state index contributed by atoms with van der Waals surface area (Å²) >= 11 is 1.64. The first kappa shape index (κ1) is 15.5. The molecule has 0 aromatic carbocycles. The number of aliphatic carboxylic acids is 1. The van der Waals surface area contributed by atoms with Gasteiger partial charge in [-0.1, -0.05) is 6.92 Å². The maximum atomic E-state index is 11.6. The van der Waals surface area contributed by atoms with Crippen LogP contribution in [-0.2, 0) is 11.2 Å². The van der Waals surface area contributed by atoms with Gasteiger partial charge < -0.3 is 15.7 Å². The molecule has 1 aromatic heterocycles. The molecule has 3 N–H and O–H groups in total. The molecule has 0 bridgehead atoms. The number of carbonyl (C=O) groups excluding carboxylic acids is 1. The average molecular weight is 284 g/mol. The smallest absolute Gasteiger partial charge is 0.315 e. The highest BCUT2D eigenvalue weighted by atomic mass is 32.1. The molecule has 2 unspecified atom stereocenters. The number of urea groups is 1. The molecule has 2 amide bonds. The van der Waals surface area contributed by atoms with Gasteiger partial charge in [0, 0.05) is 19.0 Å². The summed E-state index contributed by atoms with van der Waals surface area (Å²) in [5.74, 6) is -0.920. The lowest BCUT2D eigenvalue weighted by Crippen LogP contribution is -2.43. The van der Waals surface area contributed by atoms with Crippen molar-refractivity contribution in [1.82, 2.24) is 10.6 Å². The van der Waals surface area contributed by atoms with E-state index in [2.05, 4.69) is 16.0 Å². The van der Waals surface area contributed by atoms with Crippen LogP contribution in [0, 0.1) is 5.92 Å². The van der Waals surface area contributed by atoms with E-state index < -0.39 is 5.97 Å². The van der Waals surface area contributed by atoms with Gasteiger partial charge in [0.05, 0.1) is 0 Å². The Balaban J connectivity index is 2.21. The molecular weight excluding hydrogens is 264 g/mol. The van der Waals surface area contributed by atoms with Crippen molar-refractivity contribution in [2.75, 3.05) is 6.54 Å². The Bertz CT molecular complexity index is 406. The SMILES string of the molecule is CC(CNC(=O)NC(C)Cc1ccsc1)CC(=O)O. The van der Waals surface area contributed by atoms with Gasteiger partial charge in [0.25, 0.3) is 0 Å². The number of carbonyl (C=O) groups is 2. The van der Waals surface area contributed by atoms with Crippen LogP contribution in [0.25, 0.3) is 0 Å². The lowest BCUT2D eigenvalue weighted by Gasteiger charge is -2.15. The van der Waals surface area contributed by atoms with E-state index in [9.17, 15) is 9.59 Å². The molecule has 2 atom stereocenters. The van der Waals surface area contributed by atoms with Crippen LogP contribution < -0.4 is 10.6 Å². The monoisotopic (exact) mass is 284 g/mol. The van der Waals surface area contributed by atoms with Crippen molar-refractivity contribution < 1.29 is 14.7 Å². The van der Waals surface area contributed by atoms with Crippen LogP contribution in [0.1, 0.15) is 25.8 Å². The zero-order valence-corrected chi connectivity index (χ0v) is 12.0. The van der Waals surface area contributed by atoms with Gasteiger partial charge in [-0.15, -0.1) is 0 Å². The predicted molar refractivity (Wildman–Crippen MR) is 75.4 cm³/mol. The molecule has 19 heavy (non-hydrogen) atoms. The molecule has 106 valence electrons. The zero-order valence-electron chi connectivity index (χ0n) is 11.2. The first-order valence-corrected chi connectivity index (χ1v) is 7.19. The number of hydrogen-bond acceptors (Lipinski definition) is 3. The van der Waals surface area contributed by atoms with Gasteiger partial charge in [-0.3, -0.25) is 4.79 Å². The largest absolute Gasteiger partial charge is 0.481 e. The van der Waals surface area contributed by atoms with Crippen LogP contribution in [-0.4, -0.2) is 29.7 Å². The Morgan fingerprint density at radius 2 is 2.16 bits per heavy atom. The number of carboxylic acid groups (broad SMARTS) is 1. The van der Waals surface area contributed by atoms with Crippen molar-refractivity contribution in [2.24, 2.45) is 5.92 Å². The number of rotatable bonds is 7. The fourth-order valence-corrected chi connectivity index (χ4v) is 2.41. The van der Waals surface area contributed by atoms with Gasteiger partial charge in [-0.25, -0.2) is 4.79 Å². The van der Waals surface area contributed by atoms with Crippen molar-refractivity contribution >= 4 is 23.3 Å². The van der Waals surface area contributed by atoms with Gasteiger partial charge in [0.1, 0.15) is 0 Å². The van der Waals surface area contributed by atoms with Gasteiger partial charge in [0.2, 0.25) is 0 Å². The minimum atomic E-state index is -0.847. The molecule has 0 spiro atoms. The van der Waals surface area contributed by atoms with Gasteiger partial charge in [-0.2, -0.15) is 11.3 Å². The lowest BCUT2D eigenvalue weighted by molar-refractivity contribution is -0.137. The minimum Gasteiger partial charge on any atom is -0.481 e. The van der Waals surface area contributed by atoms with Gasteiger partial charge in [-0.05, 0) is 41.7 Å². The summed E-state index contributed by atoms with van der Waals surface area (Å²) in [6.45, 7) is 4.10. The van der Waals surface area contributed by atoms with Crippen LogP contribution >= 0.6 is 11.3 Å². The highest BCUT2D eigenvalue weighted by Gasteiger charge is 2.11. The summed E-state index contributed by atoms with van der Waals surface area (Å²) in [4.78, 5) is 22.1. The second-order valence-electron chi connectivity index (χ2n) is 4.79. The van der Waals surface area contributed by atoms with E-state index in [0.717, 1.165) is 6.42 Å². The minimum absolute atomic E-state index is 0.0457. The van der Waals surface area contributed by atoms with E-state index in [1.165, 1.54) is 5.56 Å². The van der Waals surface area contributed by atoms with Crippen molar-refractivity contribution in [3.8, 4) is 0 Å². The summed E-state index contributed by atoms with van der Waals surface area (Å²) in [5.41, 5.74) is 1.21. The average Bonchev–Trinajstić information content (AvgIpc) is 2.78. The van der Waals surface area contributed by atoms with E-state index in [1.54, 1.807) is 18.3 Å². The molecule has 0 saturated heterocycles. The molecule has 0 aliphatic rings. The van der Waals surface area contributed by atoms with Gasteiger partial charge in [0.15, 0.2) is 0 Å². The molecule has 1 aromatic rings. The van der Waals surface area contributed by atoms with Crippen LogP contribution in [0.2, 0.25) is 0 Å². The Morgan fingerprint density at radius 1 is 1.42 bits per heavy atom. The van der Waals surface area contributed by atoms with E-state index in [4.69, 9.17) is 5.11 Å². The number of thiophene rings is 1. The third-order valence-electron chi connectivity index (χ3n) is 2.63. The van der Waals surface area contributed by atoms with Crippen molar-refractivity contribution in [1.29, 1.82) is 0 Å². The van der Waals surface area contributed by atoms with Crippen LogP contribution in [0.5, 0.6) is 0 Å². The molecule has 5 nitrogen and oxygen atoms in total. The quantitative estimate of drug-likeness (QED) is 0.717. The second kappa shape index (κ2) is 7.78. The van der Waals surface area contributed by atoms with E-state index >= 15 is 0 Å². The summed E-state index contributed by atoms with van der Waals surface area (Å²) in [5, 5.41) is 18.2. The molecule has 1 heterocycles. The van der Waals surface area contributed by atoms with Crippen molar-refractivity contribution in [2.45, 2.75) is 32.7 Å². The van der Waals surface area contributed by atoms with E-state index in [1.807, 2.05) is 18.4 Å². The first-order chi connectivity index (χ1) is 8.97. The summed E-state index contributed by atoms with van der Waals surface area (Å²) < 4.78 is 0. The Hall–Kier alpha value is -1.56. The summed E-state index contributed by atoms with van der Waals surface area (Å²) in [6.07, 6.45) is 0.854. The number of nitrogens with one attached hydrogen (secondary N) is 2. The van der Waals surface area contributed by atoms with Crippen molar-refractivity contribution in [3.05, 3.63) is 22.4 Å². The first-order valence-electron chi connectivity index (χ1n) is 6.24. The Labute approximate surface area is 117 Å². The molecule has 1 rings (SSSR count). The second-order valence-corrected chi connectivity index (χ2v) is 5.57. The molecule has 0 radical (unpaired) electrons.